The topological polar surface area (TPSA) is 0 Å². The number of fused-ring (bicyclic) bond motifs is 1. The molecule has 0 amide bonds. The second kappa shape index (κ2) is 7.30. The Bertz CT molecular complexity index is 478. The van der Waals surface area contributed by atoms with Crippen molar-refractivity contribution in [1.82, 2.24) is 0 Å². The molecule has 0 aliphatic heterocycles. The predicted octanol–water partition coefficient (Wildman–Crippen LogP) is 4.35. The number of aryl methyl sites for hydroxylation is 1. The molecule has 0 spiro atoms. The van der Waals surface area contributed by atoms with Gasteiger partial charge in [-0.05, 0) is 0 Å². The molecular formula is C16H14Zr. The SMILES string of the molecule is Cc1cc2ccccc2[cH-]1.[Zr+2].[c-]1ccccc1. The Morgan fingerprint density at radius 2 is 1.65 bits per heavy atom. The van der Waals surface area contributed by atoms with Gasteiger partial charge in [0.1, 0.15) is 0 Å². The molecule has 3 aromatic rings. The van der Waals surface area contributed by atoms with Crippen molar-refractivity contribution in [3.05, 3.63) is 78.4 Å². The second-order valence-electron chi connectivity index (χ2n) is 3.74. The summed E-state index contributed by atoms with van der Waals surface area (Å²) in [4.78, 5) is 0. The maximum absolute atomic E-state index is 2.89. The van der Waals surface area contributed by atoms with Crippen molar-refractivity contribution in [3.8, 4) is 0 Å². The Kier molecular flexibility index (Phi) is 6.01. The first-order chi connectivity index (χ1) is 7.86. The van der Waals surface area contributed by atoms with E-state index in [0.29, 0.717) is 0 Å². The van der Waals surface area contributed by atoms with E-state index in [1.54, 1.807) is 0 Å². The number of benzene rings is 2. The standard InChI is InChI=1S/C10H9.C6H5.Zr/c1-8-6-9-4-2-3-5-10(9)7-8;1-2-4-6-5-3-1;/h2-7H,1H3;1-5H;/q2*-1;+2. The normalized spacial score (nSPS) is 9.00. The van der Waals surface area contributed by atoms with Gasteiger partial charge in [0.25, 0.3) is 0 Å². The van der Waals surface area contributed by atoms with Gasteiger partial charge in [-0.25, -0.2) is 0 Å². The summed E-state index contributed by atoms with van der Waals surface area (Å²) in [5.74, 6) is 0. The van der Waals surface area contributed by atoms with E-state index in [-0.39, 0.29) is 26.2 Å². The van der Waals surface area contributed by atoms with Crippen molar-refractivity contribution in [2.75, 3.05) is 0 Å². The summed E-state index contributed by atoms with van der Waals surface area (Å²) in [6.45, 7) is 2.12. The molecule has 0 aliphatic rings. The number of hydrogen-bond donors (Lipinski definition) is 0. The van der Waals surface area contributed by atoms with E-state index in [2.05, 4.69) is 49.4 Å². The van der Waals surface area contributed by atoms with Crippen LogP contribution in [0.3, 0.4) is 0 Å². The Balaban J connectivity index is 0.000000180. The minimum absolute atomic E-state index is 0. The fourth-order valence-electron chi connectivity index (χ4n) is 1.65. The van der Waals surface area contributed by atoms with E-state index in [1.807, 2.05) is 30.3 Å². The molecule has 1 heteroatoms. The molecule has 3 aromatic carbocycles. The number of rotatable bonds is 0. The van der Waals surface area contributed by atoms with Gasteiger partial charge in [-0.1, -0.05) is 13.0 Å². The van der Waals surface area contributed by atoms with Crippen LogP contribution in [0.5, 0.6) is 0 Å². The third-order valence-electron chi connectivity index (χ3n) is 2.37. The minimum atomic E-state index is 0. The molecule has 0 aliphatic carbocycles. The van der Waals surface area contributed by atoms with Crippen LogP contribution in [-0.2, 0) is 26.2 Å². The van der Waals surface area contributed by atoms with Gasteiger partial charge in [-0.2, -0.15) is 42.5 Å². The van der Waals surface area contributed by atoms with E-state index < -0.39 is 0 Å². The van der Waals surface area contributed by atoms with Crippen LogP contribution in [-0.4, -0.2) is 0 Å². The summed E-state index contributed by atoms with van der Waals surface area (Å²) >= 11 is 0. The van der Waals surface area contributed by atoms with Gasteiger partial charge in [-0.15, -0.1) is 40.6 Å². The van der Waals surface area contributed by atoms with Gasteiger partial charge in [-0.3, -0.25) is 0 Å². The fourth-order valence-corrected chi connectivity index (χ4v) is 1.65. The molecule has 0 atom stereocenters. The molecular weight excluding hydrogens is 283 g/mol. The van der Waals surface area contributed by atoms with Crippen LogP contribution in [0.1, 0.15) is 5.56 Å². The molecule has 0 saturated heterocycles. The van der Waals surface area contributed by atoms with Crippen molar-refractivity contribution in [2.24, 2.45) is 0 Å². The van der Waals surface area contributed by atoms with Gasteiger partial charge in [0, 0.05) is 0 Å². The Morgan fingerprint density at radius 3 is 2.18 bits per heavy atom. The number of hydrogen-bond acceptors (Lipinski definition) is 0. The Labute approximate surface area is 122 Å². The van der Waals surface area contributed by atoms with E-state index >= 15 is 0 Å². The monoisotopic (exact) mass is 296 g/mol. The molecule has 17 heavy (non-hydrogen) atoms. The van der Waals surface area contributed by atoms with E-state index in [4.69, 9.17) is 0 Å². The van der Waals surface area contributed by atoms with Gasteiger partial charge < -0.3 is 0 Å². The zero-order valence-electron chi connectivity index (χ0n) is 9.85. The third kappa shape index (κ3) is 4.36. The zero-order valence-corrected chi connectivity index (χ0v) is 12.3. The van der Waals surface area contributed by atoms with Gasteiger partial charge in [0.2, 0.25) is 0 Å². The summed E-state index contributed by atoms with van der Waals surface area (Å²) in [5.41, 5.74) is 1.35. The van der Waals surface area contributed by atoms with Crippen molar-refractivity contribution in [2.45, 2.75) is 6.92 Å². The zero-order chi connectivity index (χ0) is 11.2. The van der Waals surface area contributed by atoms with Crippen LogP contribution < -0.4 is 0 Å². The van der Waals surface area contributed by atoms with E-state index in [0.717, 1.165) is 0 Å². The molecule has 82 valence electrons. The molecule has 0 aromatic heterocycles. The second-order valence-corrected chi connectivity index (χ2v) is 3.74. The van der Waals surface area contributed by atoms with E-state index in [9.17, 15) is 0 Å². The average molecular weight is 298 g/mol. The molecule has 3 rings (SSSR count). The molecule has 0 radical (unpaired) electrons. The van der Waals surface area contributed by atoms with Crippen molar-refractivity contribution in [3.63, 3.8) is 0 Å². The summed E-state index contributed by atoms with van der Waals surface area (Å²) in [7, 11) is 0. The average Bonchev–Trinajstić information content (AvgIpc) is 2.72. The molecule has 0 fully saturated rings. The summed E-state index contributed by atoms with van der Waals surface area (Å²) in [5, 5.41) is 2.69. The van der Waals surface area contributed by atoms with Crippen LogP contribution in [0.15, 0.2) is 66.7 Å². The predicted molar refractivity (Wildman–Crippen MR) is 69.6 cm³/mol. The van der Waals surface area contributed by atoms with Crippen molar-refractivity contribution in [1.29, 1.82) is 0 Å². The minimum Gasteiger partial charge on any atom is -0.184 e. The first kappa shape index (κ1) is 14.0. The molecule has 0 N–H and O–H groups in total. The van der Waals surface area contributed by atoms with Crippen LogP contribution in [0.4, 0.5) is 0 Å². The van der Waals surface area contributed by atoms with Crippen LogP contribution in [0.2, 0.25) is 0 Å². The summed E-state index contributed by atoms with van der Waals surface area (Å²) < 4.78 is 0. The quantitative estimate of drug-likeness (QED) is 0.541. The van der Waals surface area contributed by atoms with Crippen LogP contribution in [0.25, 0.3) is 10.8 Å². The summed E-state index contributed by atoms with van der Waals surface area (Å²) in [6, 6.07) is 25.3. The molecule has 0 heterocycles. The van der Waals surface area contributed by atoms with Crippen LogP contribution in [0, 0.1) is 13.0 Å². The largest absolute Gasteiger partial charge is 2.00 e. The molecule has 0 nitrogen and oxygen atoms in total. The molecule has 0 bridgehead atoms. The van der Waals surface area contributed by atoms with Crippen molar-refractivity contribution >= 4 is 10.8 Å². The third-order valence-corrected chi connectivity index (χ3v) is 2.37. The smallest absolute Gasteiger partial charge is 0.184 e. The Hall–Kier alpha value is -1.07. The Morgan fingerprint density at radius 1 is 0.941 bits per heavy atom. The maximum atomic E-state index is 2.89. The van der Waals surface area contributed by atoms with Gasteiger partial charge in [0.05, 0.1) is 0 Å². The first-order valence-corrected chi connectivity index (χ1v) is 5.39. The van der Waals surface area contributed by atoms with E-state index in [1.165, 1.54) is 16.3 Å². The van der Waals surface area contributed by atoms with Crippen LogP contribution >= 0.6 is 0 Å². The molecule has 0 saturated carbocycles. The molecule has 0 unspecified atom stereocenters. The maximum Gasteiger partial charge on any atom is 2.00 e. The van der Waals surface area contributed by atoms with Crippen molar-refractivity contribution < 1.29 is 26.2 Å². The summed E-state index contributed by atoms with van der Waals surface area (Å²) in [6.07, 6.45) is 0. The first-order valence-electron chi connectivity index (χ1n) is 5.39. The van der Waals surface area contributed by atoms with Gasteiger partial charge >= 0.3 is 26.2 Å². The fraction of sp³-hybridized carbons (Fsp3) is 0.0625. The van der Waals surface area contributed by atoms with Gasteiger partial charge in [0.15, 0.2) is 0 Å².